The number of likely N-dealkylation sites (N-methyl/N-ethyl adjacent to an activating group) is 1. The molecule has 0 radical (unpaired) electrons. The number of nitrogens with zero attached hydrogens (tertiary/aromatic N) is 1. The monoisotopic (exact) mass is 259 g/mol. The van der Waals surface area contributed by atoms with Crippen LogP contribution in [0.4, 0.5) is 0 Å². The molecule has 2 N–H and O–H groups in total. The third-order valence-corrected chi connectivity index (χ3v) is 4.02. The zero-order valence-electron chi connectivity index (χ0n) is 11.8. The van der Waals surface area contributed by atoms with Crippen molar-refractivity contribution in [2.75, 3.05) is 33.8 Å². The summed E-state index contributed by atoms with van der Waals surface area (Å²) < 4.78 is 5.48. The van der Waals surface area contributed by atoms with Gasteiger partial charge in [-0.3, -0.25) is 4.90 Å². The van der Waals surface area contributed by atoms with Gasteiger partial charge in [0.25, 0.3) is 0 Å². The van der Waals surface area contributed by atoms with Crippen molar-refractivity contribution in [1.29, 1.82) is 0 Å². The molecule has 1 atom stereocenters. The first kappa shape index (κ1) is 12.5. The van der Waals surface area contributed by atoms with Crippen LogP contribution in [-0.2, 0) is 0 Å². The van der Waals surface area contributed by atoms with Crippen LogP contribution in [0.25, 0.3) is 10.9 Å². The maximum absolute atomic E-state index is 5.48. The average Bonchev–Trinajstić information content (AvgIpc) is 2.82. The van der Waals surface area contributed by atoms with E-state index >= 15 is 0 Å². The Labute approximate surface area is 113 Å². The normalized spacial score (nSPS) is 20.9. The predicted molar refractivity (Wildman–Crippen MR) is 77.8 cm³/mol. The summed E-state index contributed by atoms with van der Waals surface area (Å²) in [5, 5.41) is 4.75. The van der Waals surface area contributed by atoms with E-state index in [1.54, 1.807) is 7.11 Å². The second kappa shape index (κ2) is 4.87. The minimum atomic E-state index is 0.425. The molecule has 1 aliphatic rings. The lowest BCUT2D eigenvalue weighted by molar-refractivity contribution is 0.203. The van der Waals surface area contributed by atoms with Gasteiger partial charge in [0.15, 0.2) is 0 Å². The van der Waals surface area contributed by atoms with Gasteiger partial charge in [-0.2, -0.15) is 0 Å². The molecule has 1 fully saturated rings. The second-order valence-electron chi connectivity index (χ2n) is 5.33. The molecule has 0 saturated carbocycles. The Hall–Kier alpha value is -1.52. The molecule has 0 spiro atoms. The predicted octanol–water partition coefficient (Wildman–Crippen LogP) is 2.06. The lowest BCUT2D eigenvalue weighted by atomic mass is 10.0. The van der Waals surface area contributed by atoms with Crippen LogP contribution in [0.1, 0.15) is 17.2 Å². The molecule has 1 aromatic carbocycles. The minimum absolute atomic E-state index is 0.425. The molecule has 4 heteroatoms. The molecule has 19 heavy (non-hydrogen) atoms. The molecule has 0 aliphatic carbocycles. The van der Waals surface area contributed by atoms with Gasteiger partial charge in [0.05, 0.1) is 12.6 Å². The van der Waals surface area contributed by atoms with Gasteiger partial charge in [0, 0.05) is 37.3 Å². The Balaban J connectivity index is 2.11. The van der Waals surface area contributed by atoms with Crippen molar-refractivity contribution in [3.63, 3.8) is 0 Å². The lowest BCUT2D eigenvalue weighted by Crippen LogP contribution is -2.43. The summed E-state index contributed by atoms with van der Waals surface area (Å²) >= 11 is 0. The molecule has 2 heterocycles. The fraction of sp³-hybridized carbons (Fsp3) is 0.467. The van der Waals surface area contributed by atoms with Crippen molar-refractivity contribution in [1.82, 2.24) is 15.2 Å². The molecule has 3 rings (SSSR count). The Morgan fingerprint density at radius 1 is 1.37 bits per heavy atom. The molecule has 1 aromatic heterocycles. The number of hydrogen-bond donors (Lipinski definition) is 2. The fourth-order valence-electron chi connectivity index (χ4n) is 2.95. The Kier molecular flexibility index (Phi) is 3.21. The first-order chi connectivity index (χ1) is 9.20. The topological polar surface area (TPSA) is 40.3 Å². The van der Waals surface area contributed by atoms with E-state index in [1.807, 2.05) is 0 Å². The lowest BCUT2D eigenvalue weighted by Gasteiger charge is -2.33. The summed E-state index contributed by atoms with van der Waals surface area (Å²) in [5.41, 5.74) is 3.69. The molecular formula is C15H21N3O. The van der Waals surface area contributed by atoms with Crippen molar-refractivity contribution < 1.29 is 4.74 Å². The first-order valence-electron chi connectivity index (χ1n) is 6.77. The van der Waals surface area contributed by atoms with E-state index in [0.29, 0.717) is 6.04 Å². The molecule has 2 aromatic rings. The largest absolute Gasteiger partial charge is 0.495 e. The number of aromatic nitrogens is 1. The van der Waals surface area contributed by atoms with Gasteiger partial charge in [-0.05, 0) is 37.2 Å². The molecule has 1 unspecified atom stereocenters. The van der Waals surface area contributed by atoms with Crippen molar-refractivity contribution in [2.24, 2.45) is 0 Å². The van der Waals surface area contributed by atoms with Crippen LogP contribution in [0.2, 0.25) is 0 Å². The van der Waals surface area contributed by atoms with Gasteiger partial charge in [-0.1, -0.05) is 0 Å². The number of H-pyrrole nitrogens is 1. The average molecular weight is 259 g/mol. The summed E-state index contributed by atoms with van der Waals surface area (Å²) in [4.78, 5) is 5.78. The number of fused-ring (bicyclic) bond motifs is 1. The van der Waals surface area contributed by atoms with Crippen molar-refractivity contribution in [3.05, 3.63) is 29.5 Å². The maximum Gasteiger partial charge on any atom is 0.143 e. The number of piperazine rings is 1. The molecule has 4 nitrogen and oxygen atoms in total. The van der Waals surface area contributed by atoms with Crippen LogP contribution in [-0.4, -0.2) is 43.7 Å². The van der Waals surface area contributed by atoms with Gasteiger partial charge in [-0.15, -0.1) is 0 Å². The highest BCUT2D eigenvalue weighted by Gasteiger charge is 2.23. The number of benzene rings is 1. The zero-order chi connectivity index (χ0) is 13.4. The van der Waals surface area contributed by atoms with E-state index in [2.05, 4.69) is 47.5 Å². The van der Waals surface area contributed by atoms with Crippen LogP contribution in [0.3, 0.4) is 0 Å². The Morgan fingerprint density at radius 2 is 2.21 bits per heavy atom. The van der Waals surface area contributed by atoms with Crippen LogP contribution in [0, 0.1) is 6.92 Å². The fourth-order valence-corrected chi connectivity index (χ4v) is 2.95. The Morgan fingerprint density at radius 3 is 2.95 bits per heavy atom. The van der Waals surface area contributed by atoms with Crippen LogP contribution >= 0.6 is 0 Å². The summed E-state index contributed by atoms with van der Waals surface area (Å²) in [6.45, 7) is 5.26. The first-order valence-corrected chi connectivity index (χ1v) is 6.77. The van der Waals surface area contributed by atoms with Crippen molar-refractivity contribution in [3.8, 4) is 5.75 Å². The number of aromatic amines is 1. The van der Waals surface area contributed by atoms with E-state index in [-0.39, 0.29) is 0 Å². The standard InChI is InChI=1S/C15H21N3O/c1-10-6-11-12(13-9-16-4-5-18(13)2)8-17-15(11)14(7-10)19-3/h6-8,13,16-17H,4-5,9H2,1-3H3. The van der Waals surface area contributed by atoms with Crippen LogP contribution in [0.5, 0.6) is 5.75 Å². The minimum Gasteiger partial charge on any atom is -0.495 e. The van der Waals surface area contributed by atoms with E-state index in [4.69, 9.17) is 4.74 Å². The SMILES string of the molecule is COc1cc(C)cc2c(C3CNCCN3C)c[nH]c12. The van der Waals surface area contributed by atoms with Gasteiger partial charge >= 0.3 is 0 Å². The second-order valence-corrected chi connectivity index (χ2v) is 5.33. The third-order valence-electron chi connectivity index (χ3n) is 4.02. The highest BCUT2D eigenvalue weighted by Crippen LogP contribution is 2.33. The molecule has 0 bridgehead atoms. The number of rotatable bonds is 2. The highest BCUT2D eigenvalue weighted by atomic mass is 16.5. The van der Waals surface area contributed by atoms with Gasteiger partial charge < -0.3 is 15.0 Å². The molecule has 1 aliphatic heterocycles. The van der Waals surface area contributed by atoms with Crippen molar-refractivity contribution in [2.45, 2.75) is 13.0 Å². The summed E-state index contributed by atoms with van der Waals surface area (Å²) in [6.07, 6.45) is 2.13. The molecule has 102 valence electrons. The quantitative estimate of drug-likeness (QED) is 0.867. The molecule has 0 amide bonds. The number of nitrogens with one attached hydrogen (secondary N) is 2. The van der Waals surface area contributed by atoms with E-state index in [0.717, 1.165) is 30.9 Å². The van der Waals surface area contributed by atoms with E-state index < -0.39 is 0 Å². The smallest absolute Gasteiger partial charge is 0.143 e. The molecule has 1 saturated heterocycles. The van der Waals surface area contributed by atoms with E-state index in [1.165, 1.54) is 16.5 Å². The summed E-state index contributed by atoms with van der Waals surface area (Å²) in [6, 6.07) is 4.74. The van der Waals surface area contributed by atoms with Gasteiger partial charge in [-0.25, -0.2) is 0 Å². The van der Waals surface area contributed by atoms with Crippen LogP contribution < -0.4 is 10.1 Å². The van der Waals surface area contributed by atoms with Crippen LogP contribution in [0.15, 0.2) is 18.3 Å². The summed E-state index contributed by atoms with van der Waals surface area (Å²) in [5.74, 6) is 0.924. The Bertz CT molecular complexity index is 590. The number of aryl methyl sites for hydroxylation is 1. The number of methoxy groups -OCH3 is 1. The third kappa shape index (κ3) is 2.11. The van der Waals surface area contributed by atoms with Crippen molar-refractivity contribution >= 4 is 10.9 Å². The number of hydrogen-bond acceptors (Lipinski definition) is 3. The summed E-state index contributed by atoms with van der Waals surface area (Å²) in [7, 11) is 3.92. The highest BCUT2D eigenvalue weighted by molar-refractivity contribution is 5.89. The maximum atomic E-state index is 5.48. The number of ether oxygens (including phenoxy) is 1. The van der Waals surface area contributed by atoms with Gasteiger partial charge in [0.1, 0.15) is 5.75 Å². The van der Waals surface area contributed by atoms with E-state index in [9.17, 15) is 0 Å². The molecular weight excluding hydrogens is 238 g/mol. The van der Waals surface area contributed by atoms with Gasteiger partial charge in [0.2, 0.25) is 0 Å². The zero-order valence-corrected chi connectivity index (χ0v) is 11.8.